The summed E-state index contributed by atoms with van der Waals surface area (Å²) in [6.07, 6.45) is -0.633. The third-order valence-corrected chi connectivity index (χ3v) is 4.53. The molecule has 27 heavy (non-hydrogen) atoms. The van der Waals surface area contributed by atoms with E-state index in [-0.39, 0.29) is 5.56 Å². The van der Waals surface area contributed by atoms with E-state index in [1.807, 2.05) is 18.2 Å². The van der Waals surface area contributed by atoms with E-state index in [1.54, 1.807) is 25.1 Å². The van der Waals surface area contributed by atoms with Gasteiger partial charge in [-0.25, -0.2) is 4.79 Å². The molecule has 0 spiro atoms. The number of oxime groups is 1. The Hall–Kier alpha value is -3.32. The number of nitrogens with zero attached hydrogens (tertiary/aromatic N) is 2. The van der Waals surface area contributed by atoms with Crippen molar-refractivity contribution in [2.75, 3.05) is 0 Å². The summed E-state index contributed by atoms with van der Waals surface area (Å²) in [4.78, 5) is 16.7. The number of benzene rings is 2. The number of hydrogen-bond donors (Lipinski definition) is 2. The highest BCUT2D eigenvalue weighted by Gasteiger charge is 2.31. The van der Waals surface area contributed by atoms with Crippen molar-refractivity contribution in [1.82, 2.24) is 10.5 Å². The molecule has 2 heterocycles. The lowest BCUT2D eigenvalue weighted by Gasteiger charge is -2.11. The zero-order valence-electron chi connectivity index (χ0n) is 14.1. The van der Waals surface area contributed by atoms with Gasteiger partial charge < -0.3 is 19.8 Å². The van der Waals surface area contributed by atoms with Gasteiger partial charge in [-0.05, 0) is 25.1 Å². The molecule has 0 amide bonds. The number of aromatic carboxylic acids is 1. The molecule has 0 saturated carbocycles. The SMILES string of the molecule is Cc1onc(-c2ccccc2Cl)c1C1NC(c2cccc(C(=O)O)c2)=NO1. The summed E-state index contributed by atoms with van der Waals surface area (Å²) in [7, 11) is 0. The average molecular weight is 384 g/mol. The second kappa shape index (κ2) is 6.77. The van der Waals surface area contributed by atoms with E-state index in [9.17, 15) is 4.79 Å². The highest BCUT2D eigenvalue weighted by Crippen LogP contribution is 2.36. The van der Waals surface area contributed by atoms with Gasteiger partial charge in [-0.1, -0.05) is 52.2 Å². The minimum absolute atomic E-state index is 0.165. The number of carboxylic acid groups (broad SMARTS) is 1. The van der Waals surface area contributed by atoms with E-state index >= 15 is 0 Å². The summed E-state index contributed by atoms with van der Waals surface area (Å²) >= 11 is 6.29. The Kier molecular flexibility index (Phi) is 4.29. The minimum atomic E-state index is -1.01. The number of nitrogens with one attached hydrogen (secondary N) is 1. The van der Waals surface area contributed by atoms with Crippen LogP contribution < -0.4 is 5.32 Å². The normalized spacial score (nSPS) is 15.8. The fourth-order valence-corrected chi connectivity index (χ4v) is 3.10. The molecule has 7 nitrogen and oxygen atoms in total. The van der Waals surface area contributed by atoms with Gasteiger partial charge in [-0.2, -0.15) is 0 Å². The molecule has 2 N–H and O–H groups in total. The number of amidine groups is 1. The van der Waals surface area contributed by atoms with Gasteiger partial charge in [-0.3, -0.25) is 0 Å². The first-order valence-electron chi connectivity index (χ1n) is 8.09. The topological polar surface area (TPSA) is 97.0 Å². The van der Waals surface area contributed by atoms with Crippen LogP contribution in [0.2, 0.25) is 5.02 Å². The van der Waals surface area contributed by atoms with Crippen LogP contribution in [0.1, 0.15) is 33.5 Å². The Morgan fingerprint density at radius 2 is 2.04 bits per heavy atom. The summed E-state index contributed by atoms with van der Waals surface area (Å²) in [6, 6.07) is 13.7. The predicted octanol–water partition coefficient (Wildman–Crippen LogP) is 3.98. The smallest absolute Gasteiger partial charge is 0.335 e. The van der Waals surface area contributed by atoms with Crippen LogP contribution in [-0.4, -0.2) is 22.1 Å². The Morgan fingerprint density at radius 3 is 2.81 bits per heavy atom. The number of rotatable bonds is 4. The molecule has 0 bridgehead atoms. The molecule has 1 aliphatic rings. The van der Waals surface area contributed by atoms with Crippen molar-refractivity contribution in [3.05, 3.63) is 76.0 Å². The molecule has 0 fully saturated rings. The molecule has 1 atom stereocenters. The van der Waals surface area contributed by atoms with Crippen molar-refractivity contribution in [3.8, 4) is 11.3 Å². The highest BCUT2D eigenvalue weighted by molar-refractivity contribution is 6.33. The highest BCUT2D eigenvalue weighted by atomic mass is 35.5. The second-order valence-electron chi connectivity index (χ2n) is 5.94. The number of hydrogen-bond acceptors (Lipinski definition) is 6. The first-order chi connectivity index (χ1) is 13.0. The van der Waals surface area contributed by atoms with Crippen LogP contribution in [0.3, 0.4) is 0 Å². The standard InChI is InChI=1S/C19H14ClN3O4/c1-10-15(16(22-26-10)13-7-2-3-8-14(13)20)18-21-17(23-27-18)11-5-4-6-12(9-11)19(24)25/h2-9,18H,1H3,(H,21,23)(H,24,25). The average Bonchev–Trinajstić information content (AvgIpc) is 3.29. The molecule has 1 unspecified atom stereocenters. The van der Waals surface area contributed by atoms with Crippen molar-refractivity contribution in [1.29, 1.82) is 0 Å². The van der Waals surface area contributed by atoms with Crippen LogP contribution in [0.4, 0.5) is 0 Å². The summed E-state index contributed by atoms with van der Waals surface area (Å²) in [5.41, 5.74) is 2.73. The largest absolute Gasteiger partial charge is 0.478 e. The van der Waals surface area contributed by atoms with Gasteiger partial charge in [0.1, 0.15) is 11.5 Å². The maximum Gasteiger partial charge on any atom is 0.335 e. The molecular formula is C19H14ClN3O4. The van der Waals surface area contributed by atoms with Crippen molar-refractivity contribution < 1.29 is 19.3 Å². The van der Waals surface area contributed by atoms with Crippen LogP contribution in [0.15, 0.2) is 58.2 Å². The van der Waals surface area contributed by atoms with E-state index in [2.05, 4.69) is 15.6 Å². The monoisotopic (exact) mass is 383 g/mol. The molecule has 1 aliphatic heterocycles. The maximum absolute atomic E-state index is 11.2. The molecule has 8 heteroatoms. The van der Waals surface area contributed by atoms with E-state index in [0.717, 1.165) is 5.56 Å². The van der Waals surface area contributed by atoms with Gasteiger partial charge in [0.25, 0.3) is 0 Å². The quantitative estimate of drug-likeness (QED) is 0.707. The molecule has 136 valence electrons. The van der Waals surface area contributed by atoms with Crippen molar-refractivity contribution in [3.63, 3.8) is 0 Å². The molecule has 4 rings (SSSR count). The van der Waals surface area contributed by atoms with Gasteiger partial charge in [0.15, 0.2) is 5.84 Å². The summed E-state index contributed by atoms with van der Waals surface area (Å²) in [6.45, 7) is 1.77. The summed E-state index contributed by atoms with van der Waals surface area (Å²) < 4.78 is 5.35. The summed E-state index contributed by atoms with van der Waals surface area (Å²) in [5.74, 6) is -0.0178. The van der Waals surface area contributed by atoms with Gasteiger partial charge in [0.05, 0.1) is 16.1 Å². The third kappa shape index (κ3) is 3.13. The van der Waals surface area contributed by atoms with Crippen molar-refractivity contribution >= 4 is 23.4 Å². The number of carboxylic acids is 1. The lowest BCUT2D eigenvalue weighted by atomic mass is 10.0. The summed E-state index contributed by atoms with van der Waals surface area (Å²) in [5, 5.41) is 21.0. The second-order valence-corrected chi connectivity index (χ2v) is 6.34. The first-order valence-corrected chi connectivity index (χ1v) is 8.47. The van der Waals surface area contributed by atoms with Gasteiger partial charge in [0, 0.05) is 11.1 Å². The minimum Gasteiger partial charge on any atom is -0.478 e. The van der Waals surface area contributed by atoms with Crippen LogP contribution in [-0.2, 0) is 4.84 Å². The molecule has 0 radical (unpaired) electrons. The predicted molar refractivity (Wildman–Crippen MR) is 98.6 cm³/mol. The van der Waals surface area contributed by atoms with E-state index in [0.29, 0.717) is 33.4 Å². The number of aromatic nitrogens is 1. The van der Waals surface area contributed by atoms with Crippen LogP contribution in [0, 0.1) is 6.92 Å². The molecule has 2 aromatic carbocycles. The van der Waals surface area contributed by atoms with Gasteiger partial charge >= 0.3 is 5.97 Å². The Bertz CT molecular complexity index is 1060. The van der Waals surface area contributed by atoms with Crippen LogP contribution >= 0.6 is 11.6 Å². The first kappa shape index (κ1) is 17.1. The molecule has 0 saturated heterocycles. The van der Waals surface area contributed by atoms with E-state index in [1.165, 1.54) is 12.1 Å². The van der Waals surface area contributed by atoms with Crippen LogP contribution in [0.5, 0.6) is 0 Å². The Morgan fingerprint density at radius 1 is 1.22 bits per heavy atom. The zero-order valence-corrected chi connectivity index (χ0v) is 14.9. The van der Waals surface area contributed by atoms with Crippen molar-refractivity contribution in [2.24, 2.45) is 5.16 Å². The maximum atomic E-state index is 11.2. The molecular weight excluding hydrogens is 370 g/mol. The van der Waals surface area contributed by atoms with E-state index in [4.69, 9.17) is 26.1 Å². The zero-order chi connectivity index (χ0) is 19.0. The molecule has 0 aliphatic carbocycles. The fraction of sp³-hybridized carbons (Fsp3) is 0.105. The van der Waals surface area contributed by atoms with Crippen molar-refractivity contribution in [2.45, 2.75) is 13.2 Å². The number of halogens is 1. The number of carbonyl (C=O) groups is 1. The molecule has 1 aromatic heterocycles. The fourth-order valence-electron chi connectivity index (χ4n) is 2.88. The Balaban J connectivity index is 1.65. The third-order valence-electron chi connectivity index (χ3n) is 4.20. The van der Waals surface area contributed by atoms with Gasteiger partial charge in [0.2, 0.25) is 6.23 Å². The number of aryl methyl sites for hydroxylation is 1. The van der Waals surface area contributed by atoms with Gasteiger partial charge in [-0.15, -0.1) is 0 Å². The molecule has 3 aromatic rings. The lowest BCUT2D eigenvalue weighted by molar-refractivity contribution is 0.0696. The van der Waals surface area contributed by atoms with E-state index < -0.39 is 12.2 Å². The van der Waals surface area contributed by atoms with Crippen LogP contribution in [0.25, 0.3) is 11.3 Å². The lowest BCUT2D eigenvalue weighted by Crippen LogP contribution is -2.24. The Labute approximate surface area is 159 Å².